The molecule has 0 bridgehead atoms. The highest BCUT2D eigenvalue weighted by atomic mass is 35.5. The van der Waals surface area contributed by atoms with Crippen molar-refractivity contribution in [3.8, 4) is 17.2 Å². The van der Waals surface area contributed by atoms with Crippen molar-refractivity contribution >= 4 is 34.8 Å². The molecule has 29 heavy (non-hydrogen) atoms. The minimum Gasteiger partial charge on any atom is -0.507 e. The second-order valence-corrected chi connectivity index (χ2v) is 6.67. The predicted octanol–water partition coefficient (Wildman–Crippen LogP) is 6.76. The van der Waals surface area contributed by atoms with Crippen molar-refractivity contribution in [2.45, 2.75) is 6.18 Å². The first-order valence-corrected chi connectivity index (χ1v) is 8.84. The summed E-state index contributed by atoms with van der Waals surface area (Å²) in [5.74, 6) is -0.622. The van der Waals surface area contributed by atoms with Gasteiger partial charge in [0.15, 0.2) is 0 Å². The highest BCUT2D eigenvalue weighted by Crippen LogP contribution is 2.37. The van der Waals surface area contributed by atoms with Crippen LogP contribution in [0.25, 0.3) is 0 Å². The molecule has 0 radical (unpaired) electrons. The van der Waals surface area contributed by atoms with E-state index in [0.717, 1.165) is 18.2 Å². The van der Waals surface area contributed by atoms with Crippen LogP contribution in [-0.2, 0) is 6.18 Å². The van der Waals surface area contributed by atoms with E-state index < -0.39 is 17.6 Å². The third-order valence-corrected chi connectivity index (χ3v) is 4.45. The van der Waals surface area contributed by atoms with E-state index in [0.29, 0.717) is 0 Å². The maximum absolute atomic E-state index is 12.7. The van der Waals surface area contributed by atoms with Crippen LogP contribution in [0.1, 0.15) is 15.9 Å². The lowest BCUT2D eigenvalue weighted by molar-refractivity contribution is -0.137. The number of carbonyl (C=O) groups excluding carboxylic acids is 1. The van der Waals surface area contributed by atoms with E-state index in [-0.39, 0.29) is 38.5 Å². The predicted molar refractivity (Wildman–Crippen MR) is 104 cm³/mol. The largest absolute Gasteiger partial charge is 0.507 e. The summed E-state index contributed by atoms with van der Waals surface area (Å²) < 4.78 is 43.7. The van der Waals surface area contributed by atoms with Gasteiger partial charge in [-0.05, 0) is 42.5 Å². The number of nitrogens with one attached hydrogen (secondary N) is 1. The number of phenolic OH excluding ortho intramolecular Hbond substituents is 1. The minimum absolute atomic E-state index is 0.0000283. The standard InChI is InChI=1S/C20H12Cl2F3NO3/c21-14-7-6-12(29-18-8-5-11(9-15(18)22)20(23,24)25)10-16(14)26-19(28)13-3-1-2-4-17(13)27/h1-10,27H,(H,26,28). The Morgan fingerprint density at radius 3 is 2.34 bits per heavy atom. The lowest BCUT2D eigenvalue weighted by Gasteiger charge is -2.13. The van der Waals surface area contributed by atoms with Crippen LogP contribution in [0.5, 0.6) is 17.2 Å². The summed E-state index contributed by atoms with van der Waals surface area (Å²) in [6.07, 6.45) is -4.52. The molecule has 0 heterocycles. The van der Waals surface area contributed by atoms with E-state index in [1.165, 1.54) is 30.3 Å². The zero-order chi connectivity index (χ0) is 21.2. The van der Waals surface area contributed by atoms with Crippen molar-refractivity contribution in [3.63, 3.8) is 0 Å². The maximum atomic E-state index is 12.7. The Balaban J connectivity index is 1.83. The van der Waals surface area contributed by atoms with E-state index in [1.807, 2.05) is 0 Å². The number of carbonyl (C=O) groups is 1. The van der Waals surface area contributed by atoms with Gasteiger partial charge in [-0.25, -0.2) is 0 Å². The number of rotatable bonds is 4. The smallest absolute Gasteiger partial charge is 0.416 e. The molecule has 0 fully saturated rings. The zero-order valence-electron chi connectivity index (χ0n) is 14.4. The molecular formula is C20H12Cl2F3NO3. The average molecular weight is 442 g/mol. The second-order valence-electron chi connectivity index (χ2n) is 5.86. The van der Waals surface area contributed by atoms with E-state index >= 15 is 0 Å². The molecule has 0 aliphatic carbocycles. The van der Waals surface area contributed by atoms with Crippen LogP contribution in [0, 0.1) is 0 Å². The lowest BCUT2D eigenvalue weighted by atomic mass is 10.2. The Kier molecular flexibility index (Phi) is 5.91. The van der Waals surface area contributed by atoms with Crippen molar-refractivity contribution in [1.29, 1.82) is 0 Å². The Bertz CT molecular complexity index is 1070. The van der Waals surface area contributed by atoms with Gasteiger partial charge in [0.25, 0.3) is 5.91 Å². The van der Waals surface area contributed by atoms with Crippen molar-refractivity contribution in [2.24, 2.45) is 0 Å². The third-order valence-electron chi connectivity index (χ3n) is 3.82. The molecule has 0 atom stereocenters. The lowest BCUT2D eigenvalue weighted by Crippen LogP contribution is -2.12. The molecule has 9 heteroatoms. The van der Waals surface area contributed by atoms with Gasteiger partial charge in [-0.3, -0.25) is 4.79 Å². The van der Waals surface area contributed by atoms with Gasteiger partial charge in [-0.15, -0.1) is 0 Å². The number of ether oxygens (including phenoxy) is 1. The Labute approximate surface area is 173 Å². The Morgan fingerprint density at radius 2 is 1.69 bits per heavy atom. The molecule has 3 aromatic carbocycles. The van der Waals surface area contributed by atoms with E-state index in [4.69, 9.17) is 27.9 Å². The zero-order valence-corrected chi connectivity index (χ0v) is 15.9. The maximum Gasteiger partial charge on any atom is 0.416 e. The monoisotopic (exact) mass is 441 g/mol. The molecule has 1 amide bonds. The van der Waals surface area contributed by atoms with Crippen LogP contribution in [0.3, 0.4) is 0 Å². The van der Waals surface area contributed by atoms with E-state index in [1.54, 1.807) is 12.1 Å². The van der Waals surface area contributed by atoms with Gasteiger partial charge in [0.05, 0.1) is 26.9 Å². The molecule has 0 saturated heterocycles. The summed E-state index contributed by atoms with van der Waals surface area (Å²) in [5.41, 5.74) is -0.678. The van der Waals surface area contributed by atoms with Crippen LogP contribution in [0.4, 0.5) is 18.9 Å². The molecule has 4 nitrogen and oxygen atoms in total. The fourth-order valence-corrected chi connectivity index (χ4v) is 2.79. The fourth-order valence-electron chi connectivity index (χ4n) is 2.41. The summed E-state index contributed by atoms with van der Waals surface area (Å²) in [6.45, 7) is 0. The number of amides is 1. The molecule has 0 aromatic heterocycles. The number of phenols is 1. The Hall–Kier alpha value is -2.90. The van der Waals surface area contributed by atoms with Gasteiger partial charge in [0, 0.05) is 6.07 Å². The van der Waals surface area contributed by atoms with Crippen LogP contribution in [0.15, 0.2) is 60.7 Å². The first kappa shape index (κ1) is 20.8. The summed E-state index contributed by atoms with van der Waals surface area (Å²) in [5, 5.41) is 12.3. The van der Waals surface area contributed by atoms with Gasteiger partial charge in [-0.2, -0.15) is 13.2 Å². The van der Waals surface area contributed by atoms with Gasteiger partial charge >= 0.3 is 6.18 Å². The molecule has 3 aromatic rings. The highest BCUT2D eigenvalue weighted by Gasteiger charge is 2.31. The minimum atomic E-state index is -4.52. The molecule has 0 saturated carbocycles. The summed E-state index contributed by atoms with van der Waals surface area (Å²) in [4.78, 5) is 12.3. The molecule has 2 N–H and O–H groups in total. The van der Waals surface area contributed by atoms with Crippen molar-refractivity contribution in [1.82, 2.24) is 0 Å². The summed E-state index contributed by atoms with van der Waals surface area (Å²) >= 11 is 12.0. The van der Waals surface area contributed by atoms with Crippen LogP contribution in [-0.4, -0.2) is 11.0 Å². The third kappa shape index (κ3) is 4.93. The number of hydrogen-bond donors (Lipinski definition) is 2. The van der Waals surface area contributed by atoms with Crippen molar-refractivity contribution in [2.75, 3.05) is 5.32 Å². The number of hydrogen-bond acceptors (Lipinski definition) is 3. The summed E-state index contributed by atoms with van der Waals surface area (Å²) in [6, 6.07) is 12.9. The van der Waals surface area contributed by atoms with E-state index in [2.05, 4.69) is 5.32 Å². The van der Waals surface area contributed by atoms with Gasteiger partial charge in [0.1, 0.15) is 17.2 Å². The van der Waals surface area contributed by atoms with Gasteiger partial charge < -0.3 is 15.2 Å². The fraction of sp³-hybridized carbons (Fsp3) is 0.0500. The van der Waals surface area contributed by atoms with Crippen LogP contribution < -0.4 is 10.1 Å². The molecule has 150 valence electrons. The number of anilines is 1. The SMILES string of the molecule is O=C(Nc1cc(Oc2ccc(C(F)(F)F)cc2Cl)ccc1Cl)c1ccccc1O. The Morgan fingerprint density at radius 1 is 0.966 bits per heavy atom. The number of halogens is 5. The van der Waals surface area contributed by atoms with Crippen LogP contribution in [0.2, 0.25) is 10.0 Å². The quantitative estimate of drug-likeness (QED) is 0.469. The van der Waals surface area contributed by atoms with E-state index in [9.17, 15) is 23.1 Å². The topological polar surface area (TPSA) is 58.6 Å². The number of para-hydroxylation sites is 1. The first-order valence-electron chi connectivity index (χ1n) is 8.08. The van der Waals surface area contributed by atoms with Crippen LogP contribution >= 0.6 is 23.2 Å². The molecule has 3 rings (SSSR count). The van der Waals surface area contributed by atoms with Crippen molar-refractivity contribution in [3.05, 3.63) is 81.8 Å². The first-order chi connectivity index (χ1) is 13.6. The number of benzene rings is 3. The normalized spacial score (nSPS) is 11.2. The number of alkyl halides is 3. The molecule has 0 unspecified atom stereocenters. The molecule has 0 aliphatic heterocycles. The van der Waals surface area contributed by atoms with Gasteiger partial charge in [-0.1, -0.05) is 35.3 Å². The molecular weight excluding hydrogens is 430 g/mol. The van der Waals surface area contributed by atoms with Crippen molar-refractivity contribution < 1.29 is 27.8 Å². The summed E-state index contributed by atoms with van der Waals surface area (Å²) in [7, 11) is 0. The highest BCUT2D eigenvalue weighted by molar-refractivity contribution is 6.34. The molecule has 0 spiro atoms. The number of aromatic hydroxyl groups is 1. The average Bonchev–Trinajstić information content (AvgIpc) is 2.65. The van der Waals surface area contributed by atoms with Gasteiger partial charge in [0.2, 0.25) is 0 Å². The molecule has 0 aliphatic rings. The second kappa shape index (κ2) is 8.23.